The Labute approximate surface area is 186 Å². The molecule has 2 heterocycles. The molecule has 2 aromatic carbocycles. The number of rotatable bonds is 4. The summed E-state index contributed by atoms with van der Waals surface area (Å²) >= 11 is 12.2. The van der Waals surface area contributed by atoms with Crippen LogP contribution in [0.1, 0.15) is 24.4 Å². The van der Waals surface area contributed by atoms with Crippen LogP contribution in [0.15, 0.2) is 53.3 Å². The molecule has 10 heteroatoms. The molecule has 0 radical (unpaired) electrons. The smallest absolute Gasteiger partial charge is 0.267 e. The summed E-state index contributed by atoms with van der Waals surface area (Å²) in [6.07, 6.45) is 0. The van der Waals surface area contributed by atoms with E-state index < -0.39 is 6.04 Å². The topological polar surface area (TPSA) is 123 Å². The summed E-state index contributed by atoms with van der Waals surface area (Å²) in [5.41, 5.74) is 6.61. The van der Waals surface area contributed by atoms with Crippen LogP contribution in [0.3, 0.4) is 0 Å². The number of nitrogens with one attached hydrogen (secondary N) is 1. The molecule has 0 bridgehead atoms. The molecule has 8 nitrogen and oxygen atoms in total. The van der Waals surface area contributed by atoms with Gasteiger partial charge in [0.25, 0.3) is 5.56 Å². The molecule has 0 aliphatic heterocycles. The van der Waals surface area contributed by atoms with E-state index in [0.717, 1.165) is 0 Å². The van der Waals surface area contributed by atoms with Crippen molar-refractivity contribution in [3.8, 4) is 11.8 Å². The number of anilines is 2. The molecule has 2 aromatic heterocycles. The maximum absolute atomic E-state index is 13.5. The molecule has 0 amide bonds. The molecule has 4 rings (SSSR count). The van der Waals surface area contributed by atoms with Crippen molar-refractivity contribution in [3.63, 3.8) is 0 Å². The zero-order valence-corrected chi connectivity index (χ0v) is 17.7. The fourth-order valence-corrected chi connectivity index (χ4v) is 3.68. The molecule has 0 unspecified atom stereocenters. The molecule has 0 saturated heterocycles. The maximum atomic E-state index is 13.5. The lowest BCUT2D eigenvalue weighted by molar-refractivity contribution is 0.730. The molecule has 0 aliphatic rings. The molecule has 0 fully saturated rings. The van der Waals surface area contributed by atoms with Gasteiger partial charge in [0.2, 0.25) is 5.28 Å². The zero-order valence-electron chi connectivity index (χ0n) is 16.2. The molecule has 154 valence electrons. The minimum atomic E-state index is -0.561. The van der Waals surface area contributed by atoms with E-state index in [0.29, 0.717) is 27.4 Å². The number of benzene rings is 2. The summed E-state index contributed by atoms with van der Waals surface area (Å²) in [7, 11) is 0. The lowest BCUT2D eigenvalue weighted by Gasteiger charge is -2.21. The van der Waals surface area contributed by atoms with Gasteiger partial charge < -0.3 is 11.1 Å². The van der Waals surface area contributed by atoms with Crippen molar-refractivity contribution in [2.45, 2.75) is 13.0 Å². The molecule has 4 aromatic rings. The van der Waals surface area contributed by atoms with Crippen molar-refractivity contribution in [2.75, 3.05) is 11.1 Å². The lowest BCUT2D eigenvalue weighted by Crippen LogP contribution is -2.27. The van der Waals surface area contributed by atoms with Crippen LogP contribution in [-0.2, 0) is 0 Å². The van der Waals surface area contributed by atoms with Crippen molar-refractivity contribution in [2.24, 2.45) is 0 Å². The van der Waals surface area contributed by atoms with Gasteiger partial charge in [-0.2, -0.15) is 15.2 Å². The number of aromatic nitrogens is 4. The van der Waals surface area contributed by atoms with Gasteiger partial charge in [-0.1, -0.05) is 35.9 Å². The standard InChI is InChI=1S/C21H15Cl2N7O/c1-11(26-18-13(10-24)17(25)28-21(23)29-18)19-27-15-9-5-8-14(22)16(15)20(31)30(19)12-6-3-2-4-7-12/h2-9,11H,1H3,(H3,25,26,28,29)/t11-/m0/s1. The second-order valence-corrected chi connectivity index (χ2v) is 7.40. The van der Waals surface area contributed by atoms with Crippen LogP contribution in [-0.4, -0.2) is 19.5 Å². The molecule has 0 aliphatic carbocycles. The highest BCUT2D eigenvalue weighted by atomic mass is 35.5. The van der Waals surface area contributed by atoms with Gasteiger partial charge in [-0.05, 0) is 42.8 Å². The third kappa shape index (κ3) is 3.77. The summed E-state index contributed by atoms with van der Waals surface area (Å²) in [6.45, 7) is 1.78. The summed E-state index contributed by atoms with van der Waals surface area (Å²) < 4.78 is 1.48. The fraction of sp³-hybridized carbons (Fsp3) is 0.0952. The van der Waals surface area contributed by atoms with Crippen LogP contribution in [0.4, 0.5) is 11.6 Å². The fourth-order valence-electron chi connectivity index (χ4n) is 3.26. The van der Waals surface area contributed by atoms with E-state index in [-0.39, 0.29) is 28.0 Å². The van der Waals surface area contributed by atoms with E-state index in [1.54, 1.807) is 37.3 Å². The predicted octanol–water partition coefficient (Wildman–Crippen LogP) is 4.11. The number of nitrogen functional groups attached to an aromatic ring is 1. The van der Waals surface area contributed by atoms with Crippen molar-refractivity contribution >= 4 is 45.7 Å². The number of para-hydroxylation sites is 1. The van der Waals surface area contributed by atoms with Crippen LogP contribution in [0, 0.1) is 11.3 Å². The van der Waals surface area contributed by atoms with E-state index in [9.17, 15) is 10.1 Å². The van der Waals surface area contributed by atoms with Crippen LogP contribution >= 0.6 is 23.2 Å². The number of hydrogen-bond donors (Lipinski definition) is 2. The van der Waals surface area contributed by atoms with Crippen molar-refractivity contribution < 1.29 is 0 Å². The number of fused-ring (bicyclic) bond motifs is 1. The Morgan fingerprint density at radius 3 is 2.55 bits per heavy atom. The first kappa shape index (κ1) is 20.6. The van der Waals surface area contributed by atoms with Crippen molar-refractivity contribution in [1.29, 1.82) is 5.26 Å². The molecule has 0 spiro atoms. The number of nitriles is 1. The third-order valence-corrected chi connectivity index (χ3v) is 5.13. The van der Waals surface area contributed by atoms with E-state index in [4.69, 9.17) is 33.9 Å². The molecule has 31 heavy (non-hydrogen) atoms. The van der Waals surface area contributed by atoms with Gasteiger partial charge in [0.05, 0.1) is 27.7 Å². The normalized spacial score (nSPS) is 11.8. The van der Waals surface area contributed by atoms with Gasteiger partial charge in [0, 0.05) is 0 Å². The van der Waals surface area contributed by atoms with Crippen LogP contribution in [0.25, 0.3) is 16.6 Å². The Hall–Kier alpha value is -3.67. The van der Waals surface area contributed by atoms with Crippen LogP contribution < -0.4 is 16.6 Å². The second-order valence-electron chi connectivity index (χ2n) is 6.66. The molecular weight excluding hydrogens is 437 g/mol. The second kappa shape index (κ2) is 8.22. The quantitative estimate of drug-likeness (QED) is 0.447. The predicted molar refractivity (Wildman–Crippen MR) is 121 cm³/mol. The minimum Gasteiger partial charge on any atom is -0.382 e. The Balaban J connectivity index is 1.94. The van der Waals surface area contributed by atoms with Gasteiger partial charge >= 0.3 is 0 Å². The Morgan fingerprint density at radius 1 is 1.10 bits per heavy atom. The van der Waals surface area contributed by atoms with Gasteiger partial charge in [-0.15, -0.1) is 0 Å². The van der Waals surface area contributed by atoms with Crippen molar-refractivity contribution in [3.05, 3.63) is 80.6 Å². The lowest BCUT2D eigenvalue weighted by atomic mass is 10.2. The largest absolute Gasteiger partial charge is 0.382 e. The zero-order chi connectivity index (χ0) is 22.1. The highest BCUT2D eigenvalue weighted by molar-refractivity contribution is 6.35. The Kier molecular flexibility index (Phi) is 5.46. The van der Waals surface area contributed by atoms with E-state index in [1.165, 1.54) is 4.57 Å². The van der Waals surface area contributed by atoms with Crippen molar-refractivity contribution in [1.82, 2.24) is 19.5 Å². The number of hydrogen-bond acceptors (Lipinski definition) is 7. The first-order chi connectivity index (χ1) is 14.9. The maximum Gasteiger partial charge on any atom is 0.267 e. The Morgan fingerprint density at radius 2 is 1.84 bits per heavy atom. The van der Waals surface area contributed by atoms with Gasteiger partial charge in [0.1, 0.15) is 23.3 Å². The van der Waals surface area contributed by atoms with E-state index in [1.807, 2.05) is 24.3 Å². The molecular formula is C21H15Cl2N7O. The molecule has 1 atom stereocenters. The first-order valence-corrected chi connectivity index (χ1v) is 9.92. The van der Waals surface area contributed by atoms with Gasteiger partial charge in [-0.25, -0.2) is 4.98 Å². The summed E-state index contributed by atoms with van der Waals surface area (Å²) in [5, 5.41) is 13.0. The highest BCUT2D eigenvalue weighted by Gasteiger charge is 2.21. The first-order valence-electron chi connectivity index (χ1n) is 9.17. The number of nitrogens with zero attached hydrogens (tertiary/aromatic N) is 5. The van der Waals surface area contributed by atoms with Gasteiger partial charge in [0.15, 0.2) is 5.82 Å². The third-order valence-electron chi connectivity index (χ3n) is 4.65. The summed E-state index contributed by atoms with van der Waals surface area (Å²) in [5.74, 6) is 0.492. The summed E-state index contributed by atoms with van der Waals surface area (Å²) in [4.78, 5) is 26.0. The minimum absolute atomic E-state index is 0.0455. The number of nitrogens with two attached hydrogens (primary N) is 1. The van der Waals surface area contributed by atoms with Gasteiger partial charge in [-0.3, -0.25) is 9.36 Å². The average molecular weight is 452 g/mol. The monoisotopic (exact) mass is 451 g/mol. The molecule has 0 saturated carbocycles. The Bertz CT molecular complexity index is 1400. The summed E-state index contributed by atoms with van der Waals surface area (Å²) in [6, 6.07) is 15.6. The van der Waals surface area contributed by atoms with E-state index >= 15 is 0 Å². The SMILES string of the molecule is C[C@H](Nc1nc(Cl)nc(N)c1C#N)c1nc2cccc(Cl)c2c(=O)n1-c1ccccc1. The van der Waals surface area contributed by atoms with Crippen LogP contribution in [0.2, 0.25) is 10.3 Å². The van der Waals surface area contributed by atoms with E-state index in [2.05, 4.69) is 15.3 Å². The average Bonchev–Trinajstić information content (AvgIpc) is 2.74. The van der Waals surface area contributed by atoms with Crippen LogP contribution in [0.5, 0.6) is 0 Å². The highest BCUT2D eigenvalue weighted by Crippen LogP contribution is 2.27. The molecule has 3 N–H and O–H groups in total. The number of halogens is 2.